The van der Waals surface area contributed by atoms with Crippen molar-refractivity contribution < 1.29 is 0 Å². The number of nitriles is 1. The lowest BCUT2D eigenvalue weighted by molar-refractivity contribution is 1.08. The van der Waals surface area contributed by atoms with Crippen LogP contribution in [0.1, 0.15) is 22.3 Å². The number of hydrogen-bond acceptors (Lipinski definition) is 6. The quantitative estimate of drug-likeness (QED) is 0.282. The molecule has 8 heteroatoms. The van der Waals surface area contributed by atoms with Gasteiger partial charge in [-0.2, -0.15) is 20.6 Å². The van der Waals surface area contributed by atoms with E-state index in [0.717, 1.165) is 28.0 Å². The topological polar surface area (TPSA) is 110 Å². The number of aromatic nitrogens is 2. The number of nitrogens with one attached hydrogen (secondary N) is 1. The summed E-state index contributed by atoms with van der Waals surface area (Å²) in [5, 5.41) is 27.2. The van der Waals surface area contributed by atoms with Crippen LogP contribution in [0.2, 0.25) is 0 Å². The van der Waals surface area contributed by atoms with Crippen LogP contribution in [0, 0.1) is 32.1 Å². The number of H-pyrrole nitrogens is 1. The van der Waals surface area contributed by atoms with Gasteiger partial charge in [0.15, 0.2) is 5.69 Å². The average Bonchev–Trinajstić information content (AvgIpc) is 3.25. The molecular formula is C27H21N7O. The van der Waals surface area contributed by atoms with Crippen molar-refractivity contribution in [2.75, 3.05) is 0 Å². The summed E-state index contributed by atoms with van der Waals surface area (Å²) in [6.45, 7) is 5.54. The van der Waals surface area contributed by atoms with Gasteiger partial charge in [0.05, 0.1) is 33.7 Å². The Morgan fingerprint density at radius 3 is 2.14 bits per heavy atom. The van der Waals surface area contributed by atoms with E-state index in [4.69, 9.17) is 0 Å². The number of hydrogen-bond donors (Lipinski definition) is 1. The van der Waals surface area contributed by atoms with Gasteiger partial charge in [-0.3, -0.25) is 9.20 Å². The maximum Gasteiger partial charge on any atom is 0.284 e. The summed E-state index contributed by atoms with van der Waals surface area (Å²) in [6.07, 6.45) is 0. The Hall–Kier alpha value is -4.90. The molecule has 0 bridgehead atoms. The summed E-state index contributed by atoms with van der Waals surface area (Å²) >= 11 is 0. The van der Waals surface area contributed by atoms with Crippen LogP contribution < -0.4 is 5.56 Å². The first-order chi connectivity index (χ1) is 17.0. The Labute approximate surface area is 200 Å². The number of rotatable bonds is 4. The van der Waals surface area contributed by atoms with Crippen LogP contribution in [0.25, 0.3) is 16.7 Å². The summed E-state index contributed by atoms with van der Waals surface area (Å²) < 4.78 is 1.49. The fourth-order valence-electron chi connectivity index (χ4n) is 3.99. The Kier molecular flexibility index (Phi) is 5.51. The zero-order valence-corrected chi connectivity index (χ0v) is 19.4. The van der Waals surface area contributed by atoms with E-state index in [1.807, 2.05) is 80.6 Å². The fourth-order valence-corrected chi connectivity index (χ4v) is 3.99. The van der Waals surface area contributed by atoms with Gasteiger partial charge in [-0.05, 0) is 68.3 Å². The number of nitrogens with zero attached hydrogens (tertiary/aromatic N) is 6. The molecule has 170 valence electrons. The highest BCUT2D eigenvalue weighted by Crippen LogP contribution is 2.32. The summed E-state index contributed by atoms with van der Waals surface area (Å²) in [4.78, 5) is 16.6. The normalized spacial score (nSPS) is 11.7. The molecule has 1 N–H and O–H groups in total. The molecular weight excluding hydrogens is 438 g/mol. The van der Waals surface area contributed by atoms with Gasteiger partial charge in [-0.15, -0.1) is 5.11 Å². The van der Waals surface area contributed by atoms with E-state index < -0.39 is 0 Å². The Morgan fingerprint density at radius 1 is 0.829 bits per heavy atom. The summed E-state index contributed by atoms with van der Waals surface area (Å²) in [6, 6.07) is 22.9. The second-order valence-corrected chi connectivity index (χ2v) is 8.25. The molecule has 5 rings (SSSR count). The first-order valence-electron chi connectivity index (χ1n) is 11.0. The molecule has 0 aliphatic rings. The van der Waals surface area contributed by atoms with E-state index in [0.29, 0.717) is 28.0 Å². The van der Waals surface area contributed by atoms with Crippen LogP contribution in [-0.4, -0.2) is 9.38 Å². The van der Waals surface area contributed by atoms with E-state index in [1.165, 1.54) is 4.40 Å². The van der Waals surface area contributed by atoms with Crippen LogP contribution in [0.4, 0.5) is 22.7 Å². The van der Waals surface area contributed by atoms with Gasteiger partial charge in [0.25, 0.3) is 5.56 Å². The Balaban J connectivity index is 1.58. The number of aromatic amines is 1. The van der Waals surface area contributed by atoms with Crippen LogP contribution in [0.15, 0.2) is 92.0 Å². The smallest absolute Gasteiger partial charge is 0.284 e. The third kappa shape index (κ3) is 3.89. The molecule has 0 amide bonds. The summed E-state index contributed by atoms with van der Waals surface area (Å²) in [5.74, 6) is 0. The minimum Gasteiger partial charge on any atom is -0.338 e. The molecule has 8 nitrogen and oxygen atoms in total. The standard InChI is InChI=1S/C27H21N7O/c1-16-14-23(17(2)13-22(16)31-30-19-9-5-4-6-10-19)32-33-25-18(3)20(15-28)26-29-21-11-7-8-12-24(21)34(26)27(25)35/h4-14,29H,1-3H3. The van der Waals surface area contributed by atoms with Crippen molar-refractivity contribution in [3.63, 3.8) is 0 Å². The molecule has 0 atom stereocenters. The average molecular weight is 460 g/mol. The molecule has 0 unspecified atom stereocenters. The van der Waals surface area contributed by atoms with Gasteiger partial charge in [0, 0.05) is 5.56 Å². The van der Waals surface area contributed by atoms with Crippen molar-refractivity contribution in [3.8, 4) is 6.07 Å². The molecule has 0 saturated heterocycles. The third-order valence-corrected chi connectivity index (χ3v) is 5.91. The third-order valence-electron chi connectivity index (χ3n) is 5.91. The Morgan fingerprint density at radius 2 is 1.46 bits per heavy atom. The zero-order valence-electron chi connectivity index (χ0n) is 19.4. The molecule has 2 aromatic heterocycles. The molecule has 0 aliphatic carbocycles. The maximum absolute atomic E-state index is 13.4. The van der Waals surface area contributed by atoms with E-state index in [1.54, 1.807) is 6.92 Å². The van der Waals surface area contributed by atoms with Crippen molar-refractivity contribution in [1.29, 1.82) is 5.26 Å². The highest BCUT2D eigenvalue weighted by molar-refractivity contribution is 5.84. The van der Waals surface area contributed by atoms with Crippen molar-refractivity contribution in [2.24, 2.45) is 20.5 Å². The molecule has 2 heterocycles. The van der Waals surface area contributed by atoms with E-state index in [9.17, 15) is 10.1 Å². The number of azo groups is 2. The Bertz CT molecular complexity index is 1750. The SMILES string of the molecule is Cc1cc(N=Nc2c(C)c(C#N)c3[nH]c4ccccc4n3c2=O)c(C)cc1N=Nc1ccccc1. The van der Waals surface area contributed by atoms with E-state index in [2.05, 4.69) is 31.5 Å². The van der Waals surface area contributed by atoms with Crippen LogP contribution in [0.5, 0.6) is 0 Å². The largest absolute Gasteiger partial charge is 0.338 e. The predicted molar refractivity (Wildman–Crippen MR) is 136 cm³/mol. The lowest BCUT2D eigenvalue weighted by Crippen LogP contribution is -2.14. The van der Waals surface area contributed by atoms with Crippen LogP contribution in [-0.2, 0) is 0 Å². The van der Waals surface area contributed by atoms with Crippen LogP contribution >= 0.6 is 0 Å². The fraction of sp³-hybridized carbons (Fsp3) is 0.111. The second-order valence-electron chi connectivity index (χ2n) is 8.25. The first kappa shape index (κ1) is 21.9. The zero-order chi connectivity index (χ0) is 24.5. The molecule has 3 aromatic carbocycles. The van der Waals surface area contributed by atoms with Crippen molar-refractivity contribution in [3.05, 3.63) is 99.3 Å². The number of fused-ring (bicyclic) bond motifs is 3. The number of para-hydroxylation sites is 2. The van der Waals surface area contributed by atoms with E-state index in [-0.39, 0.29) is 11.2 Å². The molecule has 0 spiro atoms. The lowest BCUT2D eigenvalue weighted by Gasteiger charge is -2.06. The maximum atomic E-state index is 13.4. The minimum absolute atomic E-state index is 0.133. The first-order valence-corrected chi connectivity index (χ1v) is 11.0. The molecule has 0 saturated carbocycles. The van der Waals surface area contributed by atoms with E-state index >= 15 is 0 Å². The van der Waals surface area contributed by atoms with Crippen molar-refractivity contribution >= 4 is 39.4 Å². The number of imidazole rings is 1. The molecule has 0 fully saturated rings. The molecule has 0 radical (unpaired) electrons. The lowest BCUT2D eigenvalue weighted by atomic mass is 10.1. The minimum atomic E-state index is -0.333. The van der Waals surface area contributed by atoms with Crippen molar-refractivity contribution in [2.45, 2.75) is 20.8 Å². The van der Waals surface area contributed by atoms with Gasteiger partial charge in [0.2, 0.25) is 0 Å². The number of aryl methyl sites for hydroxylation is 2. The molecule has 5 aromatic rings. The van der Waals surface area contributed by atoms with Crippen LogP contribution in [0.3, 0.4) is 0 Å². The van der Waals surface area contributed by atoms with Gasteiger partial charge in [-0.1, -0.05) is 30.3 Å². The second kappa shape index (κ2) is 8.80. The highest BCUT2D eigenvalue weighted by Gasteiger charge is 2.18. The number of benzene rings is 3. The molecule has 0 aliphatic heterocycles. The summed E-state index contributed by atoms with van der Waals surface area (Å²) in [7, 11) is 0. The van der Waals surface area contributed by atoms with Gasteiger partial charge in [-0.25, -0.2) is 0 Å². The van der Waals surface area contributed by atoms with Gasteiger partial charge < -0.3 is 4.98 Å². The van der Waals surface area contributed by atoms with Crippen molar-refractivity contribution in [1.82, 2.24) is 9.38 Å². The van der Waals surface area contributed by atoms with Gasteiger partial charge in [0.1, 0.15) is 11.7 Å². The number of pyridine rings is 1. The molecule has 35 heavy (non-hydrogen) atoms. The van der Waals surface area contributed by atoms with Gasteiger partial charge >= 0.3 is 0 Å². The monoisotopic (exact) mass is 459 g/mol. The predicted octanol–water partition coefficient (Wildman–Crippen LogP) is 7.41. The highest BCUT2D eigenvalue weighted by atomic mass is 16.1. The summed E-state index contributed by atoms with van der Waals surface area (Å²) in [5.41, 5.74) is 6.37.